The number of methoxy groups -OCH3 is 2. The summed E-state index contributed by atoms with van der Waals surface area (Å²) in [6.07, 6.45) is 1.78. The molecule has 0 heterocycles. The van der Waals surface area contributed by atoms with Crippen molar-refractivity contribution in [2.24, 2.45) is 5.18 Å². The van der Waals surface area contributed by atoms with E-state index in [2.05, 4.69) is 9.91 Å². The molecule has 0 saturated heterocycles. The third kappa shape index (κ3) is 2.21. The van der Waals surface area contributed by atoms with E-state index in [9.17, 15) is 14.8 Å². The van der Waals surface area contributed by atoms with Gasteiger partial charge in [0.1, 0.15) is 11.9 Å². The van der Waals surface area contributed by atoms with E-state index >= 15 is 0 Å². The first-order valence-corrected chi connectivity index (χ1v) is 4.20. The standard InChI is InChI=1S/C9H11NO5/c1-14-7-4-5(9(12)15-2)3-6(11)8(7)10-13/h3-4,7-8,11H,1-2H3. The molecule has 0 aromatic rings. The zero-order chi connectivity index (χ0) is 11.4. The predicted molar refractivity (Wildman–Crippen MR) is 51.2 cm³/mol. The number of carbonyl (C=O) groups excluding carboxylic acids is 1. The summed E-state index contributed by atoms with van der Waals surface area (Å²) in [6.45, 7) is 0. The third-order valence-electron chi connectivity index (χ3n) is 2.07. The summed E-state index contributed by atoms with van der Waals surface area (Å²) >= 11 is 0. The maximum atomic E-state index is 11.2. The number of hydrogen-bond donors (Lipinski definition) is 1. The summed E-state index contributed by atoms with van der Waals surface area (Å²) in [5, 5.41) is 12.1. The maximum Gasteiger partial charge on any atom is 0.337 e. The number of aliphatic hydroxyl groups is 1. The van der Waals surface area contributed by atoms with Gasteiger partial charge in [0.15, 0.2) is 6.04 Å². The second-order valence-corrected chi connectivity index (χ2v) is 2.93. The minimum atomic E-state index is -1.01. The summed E-state index contributed by atoms with van der Waals surface area (Å²) in [5.41, 5.74) is 0.141. The molecule has 15 heavy (non-hydrogen) atoms. The molecule has 0 radical (unpaired) electrons. The van der Waals surface area contributed by atoms with Gasteiger partial charge in [-0.1, -0.05) is 5.18 Å². The lowest BCUT2D eigenvalue weighted by atomic mass is 9.99. The molecule has 0 aromatic heterocycles. The molecule has 6 heteroatoms. The van der Waals surface area contributed by atoms with Crippen molar-refractivity contribution in [2.75, 3.05) is 14.2 Å². The van der Waals surface area contributed by atoms with Gasteiger partial charge in [-0.2, -0.15) is 0 Å². The van der Waals surface area contributed by atoms with Crippen LogP contribution in [0.5, 0.6) is 0 Å². The average molecular weight is 213 g/mol. The van der Waals surface area contributed by atoms with Crippen LogP contribution < -0.4 is 0 Å². The molecule has 82 valence electrons. The SMILES string of the molecule is COC(=O)C1=CC(OC)C(N=O)C(O)=C1. The molecule has 2 unspecified atom stereocenters. The lowest BCUT2D eigenvalue weighted by molar-refractivity contribution is -0.135. The Labute approximate surface area is 86.2 Å². The molecule has 0 aromatic carbocycles. The third-order valence-corrected chi connectivity index (χ3v) is 2.07. The highest BCUT2D eigenvalue weighted by Gasteiger charge is 2.30. The van der Waals surface area contributed by atoms with Crippen LogP contribution in [0.3, 0.4) is 0 Å². The summed E-state index contributed by atoms with van der Waals surface area (Å²) in [7, 11) is 2.58. The van der Waals surface area contributed by atoms with Crippen molar-refractivity contribution < 1.29 is 19.4 Å². The minimum absolute atomic E-state index is 0.141. The van der Waals surface area contributed by atoms with Crippen LogP contribution >= 0.6 is 0 Å². The zero-order valence-electron chi connectivity index (χ0n) is 8.34. The predicted octanol–water partition coefficient (Wildman–Crippen LogP) is 0.691. The van der Waals surface area contributed by atoms with Gasteiger partial charge in [-0.15, -0.1) is 4.91 Å². The molecule has 2 atom stereocenters. The van der Waals surface area contributed by atoms with Gasteiger partial charge in [0.05, 0.1) is 12.7 Å². The average Bonchev–Trinajstić information content (AvgIpc) is 2.26. The van der Waals surface area contributed by atoms with Gasteiger partial charge < -0.3 is 14.6 Å². The Morgan fingerprint density at radius 1 is 1.53 bits per heavy atom. The fourth-order valence-corrected chi connectivity index (χ4v) is 1.28. The molecule has 0 amide bonds. The van der Waals surface area contributed by atoms with E-state index in [1.54, 1.807) is 0 Å². The first-order chi connectivity index (χ1) is 7.13. The first kappa shape index (κ1) is 11.4. The number of carbonyl (C=O) groups is 1. The van der Waals surface area contributed by atoms with Crippen molar-refractivity contribution in [1.29, 1.82) is 0 Å². The topological polar surface area (TPSA) is 85.2 Å². The molecule has 1 rings (SSSR count). The Balaban J connectivity index is 2.99. The van der Waals surface area contributed by atoms with E-state index in [1.165, 1.54) is 20.3 Å². The number of nitrogens with zero attached hydrogens (tertiary/aromatic N) is 1. The van der Waals surface area contributed by atoms with E-state index in [4.69, 9.17) is 4.74 Å². The van der Waals surface area contributed by atoms with Gasteiger partial charge in [-0.05, 0) is 12.2 Å². The van der Waals surface area contributed by atoms with Crippen molar-refractivity contribution in [1.82, 2.24) is 0 Å². The quantitative estimate of drug-likeness (QED) is 0.550. The number of rotatable bonds is 3. The van der Waals surface area contributed by atoms with E-state index in [-0.39, 0.29) is 11.3 Å². The normalized spacial score (nSPS) is 25.2. The molecule has 0 fully saturated rings. The number of nitroso groups, excluding NO2 is 1. The van der Waals surface area contributed by atoms with Crippen LogP contribution in [-0.4, -0.2) is 37.4 Å². The summed E-state index contributed by atoms with van der Waals surface area (Å²) in [4.78, 5) is 21.6. The van der Waals surface area contributed by atoms with Gasteiger partial charge in [-0.3, -0.25) is 0 Å². The van der Waals surface area contributed by atoms with Crippen LogP contribution in [-0.2, 0) is 14.3 Å². The van der Waals surface area contributed by atoms with E-state index in [0.29, 0.717) is 0 Å². The molecule has 1 aliphatic rings. The number of esters is 1. The van der Waals surface area contributed by atoms with E-state index < -0.39 is 18.1 Å². The van der Waals surface area contributed by atoms with Gasteiger partial charge in [-0.25, -0.2) is 4.79 Å². The van der Waals surface area contributed by atoms with Crippen molar-refractivity contribution in [2.45, 2.75) is 12.1 Å². The highest BCUT2D eigenvalue weighted by molar-refractivity contribution is 5.92. The van der Waals surface area contributed by atoms with Crippen LogP contribution in [0, 0.1) is 4.91 Å². The largest absolute Gasteiger partial charge is 0.510 e. The fraction of sp³-hybridized carbons (Fsp3) is 0.444. The van der Waals surface area contributed by atoms with Crippen LogP contribution in [0.4, 0.5) is 0 Å². The Morgan fingerprint density at radius 3 is 2.67 bits per heavy atom. The smallest absolute Gasteiger partial charge is 0.337 e. The molecule has 1 aliphatic carbocycles. The van der Waals surface area contributed by atoms with Crippen LogP contribution in [0.25, 0.3) is 0 Å². The second kappa shape index (κ2) is 4.70. The minimum Gasteiger partial charge on any atom is -0.510 e. The Bertz CT molecular complexity index is 333. The van der Waals surface area contributed by atoms with Gasteiger partial charge in [0.25, 0.3) is 0 Å². The monoisotopic (exact) mass is 213 g/mol. The van der Waals surface area contributed by atoms with Crippen molar-refractivity contribution in [3.63, 3.8) is 0 Å². The van der Waals surface area contributed by atoms with E-state index in [1.807, 2.05) is 0 Å². The Hall–Kier alpha value is -1.69. The van der Waals surface area contributed by atoms with Crippen LogP contribution in [0.2, 0.25) is 0 Å². The summed E-state index contributed by atoms with van der Waals surface area (Å²) < 4.78 is 9.38. The van der Waals surface area contributed by atoms with Crippen LogP contribution in [0.15, 0.2) is 28.7 Å². The molecule has 1 N–H and O–H groups in total. The van der Waals surface area contributed by atoms with Crippen molar-refractivity contribution in [3.8, 4) is 0 Å². The molecule has 0 saturated carbocycles. The summed E-state index contributed by atoms with van der Waals surface area (Å²) in [5.74, 6) is -0.910. The van der Waals surface area contributed by atoms with Gasteiger partial charge in [0, 0.05) is 7.11 Å². The molecular formula is C9H11NO5. The second-order valence-electron chi connectivity index (χ2n) is 2.93. The van der Waals surface area contributed by atoms with Gasteiger partial charge >= 0.3 is 5.97 Å². The highest BCUT2D eigenvalue weighted by atomic mass is 16.5. The molecule has 0 bridgehead atoms. The number of ether oxygens (including phenoxy) is 2. The lowest BCUT2D eigenvalue weighted by Gasteiger charge is -2.21. The fourth-order valence-electron chi connectivity index (χ4n) is 1.28. The Kier molecular flexibility index (Phi) is 3.56. The number of aliphatic hydroxyl groups excluding tert-OH is 1. The van der Waals surface area contributed by atoms with Crippen molar-refractivity contribution >= 4 is 5.97 Å². The lowest BCUT2D eigenvalue weighted by Crippen LogP contribution is -2.30. The van der Waals surface area contributed by atoms with Crippen LogP contribution in [0.1, 0.15) is 0 Å². The molecular weight excluding hydrogens is 202 g/mol. The Morgan fingerprint density at radius 2 is 2.20 bits per heavy atom. The first-order valence-electron chi connectivity index (χ1n) is 4.20. The van der Waals surface area contributed by atoms with Crippen molar-refractivity contribution in [3.05, 3.63) is 28.4 Å². The highest BCUT2D eigenvalue weighted by Crippen LogP contribution is 2.22. The molecule has 0 spiro atoms. The maximum absolute atomic E-state index is 11.2. The zero-order valence-corrected chi connectivity index (χ0v) is 8.34. The summed E-state index contributed by atoms with van der Waals surface area (Å²) in [6, 6.07) is -1.01. The number of hydrogen-bond acceptors (Lipinski definition) is 6. The molecule has 6 nitrogen and oxygen atoms in total. The molecule has 0 aliphatic heterocycles. The van der Waals surface area contributed by atoms with E-state index in [0.717, 1.165) is 6.08 Å². The van der Waals surface area contributed by atoms with Gasteiger partial charge in [0.2, 0.25) is 0 Å².